The Kier molecular flexibility index (Phi) is 8.07. The maximum Gasteiger partial charge on any atom is 0.220 e. The summed E-state index contributed by atoms with van der Waals surface area (Å²) in [6.45, 7) is 8.53. The van der Waals surface area contributed by atoms with Crippen molar-refractivity contribution in [1.82, 2.24) is 10.2 Å². The second-order valence-electron chi connectivity index (χ2n) is 5.78. The summed E-state index contributed by atoms with van der Waals surface area (Å²) in [7, 11) is 0. The average Bonchev–Trinajstić information content (AvgIpc) is 2.59. The highest BCUT2D eigenvalue weighted by Gasteiger charge is 2.10. The van der Waals surface area contributed by atoms with Crippen molar-refractivity contribution < 1.29 is 14.3 Å². The maximum atomic E-state index is 11.7. The third kappa shape index (κ3) is 7.12. The van der Waals surface area contributed by atoms with Crippen LogP contribution in [0.15, 0.2) is 24.3 Å². The van der Waals surface area contributed by atoms with E-state index in [1.807, 2.05) is 6.92 Å². The molecular formula is C18H28N2O3. The fourth-order valence-electron chi connectivity index (χ4n) is 2.55. The lowest BCUT2D eigenvalue weighted by molar-refractivity contribution is -0.121. The van der Waals surface area contributed by atoms with Crippen molar-refractivity contribution in [2.24, 2.45) is 0 Å². The number of nitrogens with zero attached hydrogens (tertiary/aromatic N) is 1. The lowest BCUT2D eigenvalue weighted by Crippen LogP contribution is -2.35. The monoisotopic (exact) mass is 320 g/mol. The number of hydrogen-bond donors (Lipinski definition) is 1. The Bertz CT molecular complexity index is 456. The van der Waals surface area contributed by atoms with Crippen molar-refractivity contribution in [2.75, 3.05) is 39.5 Å². The van der Waals surface area contributed by atoms with E-state index in [-0.39, 0.29) is 5.91 Å². The second kappa shape index (κ2) is 10.4. The molecule has 1 fully saturated rings. The van der Waals surface area contributed by atoms with Gasteiger partial charge in [0.15, 0.2) is 0 Å². The summed E-state index contributed by atoms with van der Waals surface area (Å²) in [6.07, 6.45) is 1.30. The topological polar surface area (TPSA) is 50.8 Å². The third-order valence-electron chi connectivity index (χ3n) is 3.92. The Morgan fingerprint density at radius 3 is 2.61 bits per heavy atom. The van der Waals surface area contributed by atoms with Crippen LogP contribution in [0.25, 0.3) is 0 Å². The van der Waals surface area contributed by atoms with E-state index in [1.54, 1.807) is 0 Å². The molecule has 0 aromatic heterocycles. The van der Waals surface area contributed by atoms with E-state index in [0.717, 1.165) is 44.8 Å². The first-order chi connectivity index (χ1) is 11.3. The molecule has 128 valence electrons. The Morgan fingerprint density at radius 1 is 1.22 bits per heavy atom. The minimum absolute atomic E-state index is 0.0853. The molecule has 0 saturated carbocycles. The summed E-state index contributed by atoms with van der Waals surface area (Å²) < 4.78 is 10.6. The van der Waals surface area contributed by atoms with Gasteiger partial charge in [-0.1, -0.05) is 24.3 Å². The lowest BCUT2D eigenvalue weighted by atomic mass is 10.1. The van der Waals surface area contributed by atoms with Gasteiger partial charge in [-0.15, -0.1) is 0 Å². The fourth-order valence-corrected chi connectivity index (χ4v) is 2.55. The number of ether oxygens (including phenoxy) is 2. The minimum atomic E-state index is 0.0853. The summed E-state index contributed by atoms with van der Waals surface area (Å²) in [5, 5.41) is 2.96. The molecule has 1 aromatic carbocycles. The van der Waals surface area contributed by atoms with E-state index in [4.69, 9.17) is 9.47 Å². The normalized spacial score (nSPS) is 15.5. The van der Waals surface area contributed by atoms with Crippen LogP contribution in [0.3, 0.4) is 0 Å². The van der Waals surface area contributed by atoms with Crippen molar-refractivity contribution in [2.45, 2.75) is 32.9 Å². The first kappa shape index (κ1) is 17.9. The smallest absolute Gasteiger partial charge is 0.220 e. The van der Waals surface area contributed by atoms with Crippen molar-refractivity contribution in [3.8, 4) is 0 Å². The van der Waals surface area contributed by atoms with Gasteiger partial charge in [-0.2, -0.15) is 0 Å². The number of carbonyl (C=O) groups excluding carboxylic acids is 1. The molecule has 1 heterocycles. The third-order valence-corrected chi connectivity index (χ3v) is 3.92. The zero-order valence-electron chi connectivity index (χ0n) is 14.1. The van der Waals surface area contributed by atoms with Crippen LogP contribution in [0.5, 0.6) is 0 Å². The second-order valence-corrected chi connectivity index (χ2v) is 5.78. The highest BCUT2D eigenvalue weighted by atomic mass is 16.5. The van der Waals surface area contributed by atoms with Crippen LogP contribution >= 0.6 is 0 Å². The van der Waals surface area contributed by atoms with Crippen molar-refractivity contribution >= 4 is 5.91 Å². The Morgan fingerprint density at radius 2 is 1.91 bits per heavy atom. The van der Waals surface area contributed by atoms with Gasteiger partial charge in [0.2, 0.25) is 5.91 Å². The highest BCUT2D eigenvalue weighted by Crippen LogP contribution is 2.09. The SMILES string of the molecule is CCOCCCC(=O)NCc1ccc(CN2CCOCC2)cc1. The van der Waals surface area contributed by atoms with Crippen LogP contribution in [0.1, 0.15) is 30.9 Å². The zero-order chi connectivity index (χ0) is 16.3. The molecule has 1 aliphatic heterocycles. The maximum absolute atomic E-state index is 11.7. The van der Waals surface area contributed by atoms with Gasteiger partial charge in [0, 0.05) is 45.8 Å². The lowest BCUT2D eigenvalue weighted by Gasteiger charge is -2.26. The van der Waals surface area contributed by atoms with E-state index in [2.05, 4.69) is 34.5 Å². The average molecular weight is 320 g/mol. The van der Waals surface area contributed by atoms with Crippen molar-refractivity contribution in [1.29, 1.82) is 0 Å². The predicted octanol–water partition coefficient (Wildman–Crippen LogP) is 1.95. The Balaban J connectivity index is 1.67. The molecule has 1 aromatic rings. The predicted molar refractivity (Wildman–Crippen MR) is 90.1 cm³/mol. The summed E-state index contributed by atoms with van der Waals surface area (Å²) in [4.78, 5) is 14.1. The molecule has 0 radical (unpaired) electrons. The molecule has 0 atom stereocenters. The number of hydrogen-bond acceptors (Lipinski definition) is 4. The molecular weight excluding hydrogens is 292 g/mol. The summed E-state index contributed by atoms with van der Waals surface area (Å²) >= 11 is 0. The number of benzene rings is 1. The molecule has 5 nitrogen and oxygen atoms in total. The molecule has 2 rings (SSSR count). The van der Waals surface area contributed by atoms with E-state index in [9.17, 15) is 4.79 Å². The van der Waals surface area contributed by atoms with Crippen LogP contribution in [0.4, 0.5) is 0 Å². The molecule has 1 N–H and O–H groups in total. The first-order valence-corrected chi connectivity index (χ1v) is 8.50. The number of morpholine rings is 1. The molecule has 0 bridgehead atoms. The van der Waals surface area contributed by atoms with Gasteiger partial charge in [0.25, 0.3) is 0 Å². The molecule has 1 amide bonds. The van der Waals surface area contributed by atoms with Crippen LogP contribution in [0.2, 0.25) is 0 Å². The van der Waals surface area contributed by atoms with Crippen molar-refractivity contribution in [3.63, 3.8) is 0 Å². The number of nitrogens with one attached hydrogen (secondary N) is 1. The molecule has 1 aliphatic rings. The first-order valence-electron chi connectivity index (χ1n) is 8.50. The summed E-state index contributed by atoms with van der Waals surface area (Å²) in [5.41, 5.74) is 2.44. The fraction of sp³-hybridized carbons (Fsp3) is 0.611. The van der Waals surface area contributed by atoms with Gasteiger partial charge in [-0.25, -0.2) is 0 Å². The van der Waals surface area contributed by atoms with Crippen molar-refractivity contribution in [3.05, 3.63) is 35.4 Å². The Hall–Kier alpha value is -1.43. The summed E-state index contributed by atoms with van der Waals surface area (Å²) in [6, 6.07) is 8.48. The highest BCUT2D eigenvalue weighted by molar-refractivity contribution is 5.75. The molecule has 1 saturated heterocycles. The van der Waals surface area contributed by atoms with Gasteiger partial charge in [-0.3, -0.25) is 9.69 Å². The van der Waals surface area contributed by atoms with Crippen LogP contribution in [-0.4, -0.2) is 50.3 Å². The van der Waals surface area contributed by atoms with E-state index in [0.29, 0.717) is 26.2 Å². The van der Waals surface area contributed by atoms with Gasteiger partial charge >= 0.3 is 0 Å². The summed E-state index contributed by atoms with van der Waals surface area (Å²) in [5.74, 6) is 0.0853. The number of amides is 1. The zero-order valence-corrected chi connectivity index (χ0v) is 14.1. The quantitative estimate of drug-likeness (QED) is 0.707. The van der Waals surface area contributed by atoms with Gasteiger partial charge in [0.05, 0.1) is 13.2 Å². The molecule has 0 aliphatic carbocycles. The van der Waals surface area contributed by atoms with Gasteiger partial charge in [0.1, 0.15) is 0 Å². The molecule has 23 heavy (non-hydrogen) atoms. The largest absolute Gasteiger partial charge is 0.382 e. The van der Waals surface area contributed by atoms with Crippen LogP contribution in [-0.2, 0) is 27.4 Å². The molecule has 0 unspecified atom stereocenters. The van der Waals surface area contributed by atoms with Crippen LogP contribution in [0, 0.1) is 0 Å². The number of rotatable bonds is 9. The molecule has 5 heteroatoms. The number of carbonyl (C=O) groups is 1. The molecule has 0 spiro atoms. The van der Waals surface area contributed by atoms with Crippen LogP contribution < -0.4 is 5.32 Å². The minimum Gasteiger partial charge on any atom is -0.382 e. The van der Waals surface area contributed by atoms with E-state index >= 15 is 0 Å². The van der Waals surface area contributed by atoms with Gasteiger partial charge < -0.3 is 14.8 Å². The van der Waals surface area contributed by atoms with E-state index in [1.165, 1.54) is 5.56 Å². The standard InChI is InChI=1S/C18H28N2O3/c1-2-22-11-3-4-18(21)19-14-16-5-7-17(8-6-16)15-20-9-12-23-13-10-20/h5-8H,2-4,9-15H2,1H3,(H,19,21). The van der Waals surface area contributed by atoms with E-state index < -0.39 is 0 Å². The Labute approximate surface area is 139 Å². The van der Waals surface area contributed by atoms with Gasteiger partial charge in [-0.05, 0) is 24.5 Å².